The number of aryl methyl sites for hydroxylation is 2. The van der Waals surface area contributed by atoms with Crippen LogP contribution in [0.1, 0.15) is 49.7 Å². The third-order valence-corrected chi connectivity index (χ3v) is 7.98. The molecule has 1 unspecified atom stereocenters. The third-order valence-electron chi connectivity index (χ3n) is 7.67. The molecule has 1 aliphatic heterocycles. The van der Waals surface area contributed by atoms with Crippen molar-refractivity contribution in [1.82, 2.24) is 29.5 Å². The lowest BCUT2D eigenvalue weighted by Crippen LogP contribution is -2.27. The zero-order valence-corrected chi connectivity index (χ0v) is 22.8. The van der Waals surface area contributed by atoms with E-state index in [2.05, 4.69) is 33.1 Å². The van der Waals surface area contributed by atoms with Crippen molar-refractivity contribution in [3.05, 3.63) is 70.8 Å². The van der Waals surface area contributed by atoms with Gasteiger partial charge in [0.15, 0.2) is 0 Å². The second-order valence-corrected chi connectivity index (χ2v) is 11.1. The molecule has 5 heterocycles. The minimum Gasteiger partial charge on any atom is -0.386 e. The number of hydrogen-bond acceptors (Lipinski definition) is 6. The smallest absolute Gasteiger partial charge is 0.0960 e. The highest BCUT2D eigenvalue weighted by molar-refractivity contribution is 6.34. The van der Waals surface area contributed by atoms with Crippen LogP contribution in [0.2, 0.25) is 5.02 Å². The number of rotatable bonds is 5. The van der Waals surface area contributed by atoms with Crippen molar-refractivity contribution < 1.29 is 9.84 Å². The fraction of sp³-hybridized carbons (Fsp3) is 0.379. The summed E-state index contributed by atoms with van der Waals surface area (Å²) in [6.45, 7) is 6.94. The average molecular weight is 531 g/mol. The number of nitrogens with zero attached hydrogens (tertiary/aromatic N) is 6. The molecule has 0 bridgehead atoms. The van der Waals surface area contributed by atoms with Crippen LogP contribution in [0, 0.1) is 12.8 Å². The van der Waals surface area contributed by atoms with Crippen LogP contribution in [0.15, 0.2) is 48.8 Å². The Labute approximate surface area is 226 Å². The number of benzene rings is 1. The van der Waals surface area contributed by atoms with Crippen LogP contribution in [-0.2, 0) is 17.4 Å². The Morgan fingerprint density at radius 2 is 1.89 bits per heavy atom. The van der Waals surface area contributed by atoms with E-state index in [0.717, 1.165) is 76.2 Å². The SMILES string of the molecule is Cc1nnn(C)c1-c1cc2c(cc1Cl)c1ncc(C(C)(C)O)cc1n2C(c1ccccn1)C1CCOCC1. The maximum absolute atomic E-state index is 10.9. The lowest BCUT2D eigenvalue weighted by Gasteiger charge is -2.32. The quantitative estimate of drug-likeness (QED) is 0.319. The Kier molecular flexibility index (Phi) is 6.21. The van der Waals surface area contributed by atoms with Crippen LogP contribution < -0.4 is 0 Å². The number of hydrogen-bond donors (Lipinski definition) is 1. The Hall–Kier alpha value is -3.33. The van der Waals surface area contributed by atoms with Gasteiger partial charge in [-0.3, -0.25) is 9.97 Å². The largest absolute Gasteiger partial charge is 0.386 e. The van der Waals surface area contributed by atoms with Crippen LogP contribution in [-0.4, -0.2) is 47.8 Å². The minimum atomic E-state index is -1.04. The van der Waals surface area contributed by atoms with E-state index < -0.39 is 5.60 Å². The molecule has 5 aromatic rings. The van der Waals surface area contributed by atoms with Crippen LogP contribution >= 0.6 is 11.6 Å². The summed E-state index contributed by atoms with van der Waals surface area (Å²) >= 11 is 6.92. The Morgan fingerprint density at radius 3 is 2.55 bits per heavy atom. The topological polar surface area (TPSA) is 90.9 Å². The monoisotopic (exact) mass is 530 g/mol. The van der Waals surface area contributed by atoms with Crippen molar-refractivity contribution in [2.24, 2.45) is 13.0 Å². The lowest BCUT2D eigenvalue weighted by molar-refractivity contribution is 0.0547. The van der Waals surface area contributed by atoms with Gasteiger partial charge in [0.25, 0.3) is 0 Å². The number of halogens is 1. The summed E-state index contributed by atoms with van der Waals surface area (Å²) in [6.07, 6.45) is 5.45. The normalized spacial score (nSPS) is 15.9. The molecule has 0 aliphatic carbocycles. The van der Waals surface area contributed by atoms with Crippen molar-refractivity contribution in [1.29, 1.82) is 0 Å². The van der Waals surface area contributed by atoms with Crippen molar-refractivity contribution in [3.63, 3.8) is 0 Å². The van der Waals surface area contributed by atoms with Gasteiger partial charge in [-0.2, -0.15) is 0 Å². The van der Waals surface area contributed by atoms with Crippen LogP contribution in [0.25, 0.3) is 33.2 Å². The van der Waals surface area contributed by atoms with Gasteiger partial charge in [-0.05, 0) is 69.9 Å². The van der Waals surface area contributed by atoms with E-state index in [1.807, 2.05) is 38.4 Å². The highest BCUT2D eigenvalue weighted by Gasteiger charge is 2.32. The molecule has 1 atom stereocenters. The molecule has 1 aromatic carbocycles. The minimum absolute atomic E-state index is 0.0567. The Balaban J connectivity index is 1.72. The van der Waals surface area contributed by atoms with Gasteiger partial charge < -0.3 is 14.4 Å². The van der Waals surface area contributed by atoms with Crippen LogP contribution in [0.4, 0.5) is 0 Å². The van der Waals surface area contributed by atoms with Crippen LogP contribution in [0.3, 0.4) is 0 Å². The molecular weight excluding hydrogens is 500 g/mol. The summed E-state index contributed by atoms with van der Waals surface area (Å²) in [6, 6.07) is 12.2. The van der Waals surface area contributed by atoms with E-state index in [4.69, 9.17) is 26.3 Å². The average Bonchev–Trinajstić information content (AvgIpc) is 3.40. The lowest BCUT2D eigenvalue weighted by atomic mass is 9.88. The van der Waals surface area contributed by atoms with Gasteiger partial charge in [0.1, 0.15) is 0 Å². The summed E-state index contributed by atoms with van der Waals surface area (Å²) in [5.41, 5.74) is 6.03. The van der Waals surface area contributed by atoms with E-state index in [9.17, 15) is 5.11 Å². The van der Waals surface area contributed by atoms with Gasteiger partial charge in [-0.1, -0.05) is 22.9 Å². The maximum atomic E-state index is 10.9. The van der Waals surface area contributed by atoms with Gasteiger partial charge in [0.2, 0.25) is 0 Å². The second kappa shape index (κ2) is 9.45. The summed E-state index contributed by atoms with van der Waals surface area (Å²) in [7, 11) is 1.88. The van der Waals surface area contributed by atoms with Crippen molar-refractivity contribution in [2.75, 3.05) is 13.2 Å². The first-order valence-electron chi connectivity index (χ1n) is 13.0. The summed E-state index contributed by atoms with van der Waals surface area (Å²) < 4.78 is 9.85. The van der Waals surface area contributed by atoms with E-state index in [1.54, 1.807) is 24.7 Å². The number of ether oxygens (including phenoxy) is 1. The maximum Gasteiger partial charge on any atom is 0.0960 e. The number of aromatic nitrogens is 6. The summed E-state index contributed by atoms with van der Waals surface area (Å²) in [4.78, 5) is 9.70. The van der Waals surface area contributed by atoms with Crippen LogP contribution in [0.5, 0.6) is 0 Å². The molecule has 0 saturated carbocycles. The molecule has 0 radical (unpaired) electrons. The molecule has 4 aromatic heterocycles. The van der Waals surface area contributed by atoms with Gasteiger partial charge in [-0.25, -0.2) is 4.68 Å². The third kappa shape index (κ3) is 4.17. The predicted octanol–water partition coefficient (Wildman–Crippen LogP) is 5.59. The number of fused-ring (bicyclic) bond motifs is 3. The van der Waals surface area contributed by atoms with Gasteiger partial charge in [0, 0.05) is 49.2 Å². The second-order valence-electron chi connectivity index (χ2n) is 10.7. The standard InChI is InChI=1S/C29H31ClN6O2/c1-17-27(35(4)34-33-17)20-15-24-21(14-22(20)30)26-25(13-19(16-32-26)29(2,3)37)36(24)28(18-8-11-38-12-9-18)23-7-5-6-10-31-23/h5-7,10,13-16,18,28,37H,8-9,11-12H2,1-4H3. The first kappa shape index (κ1) is 25.0. The molecule has 1 aliphatic rings. The predicted molar refractivity (Wildman–Crippen MR) is 148 cm³/mol. The number of pyridine rings is 2. The van der Waals surface area contributed by atoms with E-state index in [-0.39, 0.29) is 6.04 Å². The first-order chi connectivity index (χ1) is 18.2. The highest BCUT2D eigenvalue weighted by Crippen LogP contribution is 2.43. The molecule has 1 fully saturated rings. The summed E-state index contributed by atoms with van der Waals surface area (Å²) in [5.74, 6) is 0.308. The molecule has 0 spiro atoms. The number of aliphatic hydroxyl groups is 1. The fourth-order valence-corrected chi connectivity index (χ4v) is 5.99. The molecule has 0 amide bonds. The van der Waals surface area contributed by atoms with Gasteiger partial charge in [0.05, 0.1) is 50.3 Å². The summed E-state index contributed by atoms with van der Waals surface area (Å²) in [5, 5.41) is 20.9. The Morgan fingerprint density at radius 1 is 1.11 bits per heavy atom. The molecule has 9 heteroatoms. The van der Waals surface area contributed by atoms with E-state index >= 15 is 0 Å². The molecule has 38 heavy (non-hydrogen) atoms. The van der Waals surface area contributed by atoms with Crippen molar-refractivity contribution >= 4 is 33.5 Å². The van der Waals surface area contributed by atoms with E-state index in [0.29, 0.717) is 10.9 Å². The van der Waals surface area contributed by atoms with Crippen molar-refractivity contribution in [3.8, 4) is 11.3 Å². The Bertz CT molecular complexity index is 1610. The zero-order valence-electron chi connectivity index (χ0n) is 22.0. The molecule has 1 N–H and O–H groups in total. The molecule has 196 valence electrons. The first-order valence-corrected chi connectivity index (χ1v) is 13.3. The molecule has 8 nitrogen and oxygen atoms in total. The molecule has 1 saturated heterocycles. The van der Waals surface area contributed by atoms with E-state index in [1.165, 1.54) is 0 Å². The highest BCUT2D eigenvalue weighted by atomic mass is 35.5. The zero-order chi connectivity index (χ0) is 26.6. The molecule has 6 rings (SSSR count). The van der Waals surface area contributed by atoms with Gasteiger partial charge in [-0.15, -0.1) is 5.10 Å². The van der Waals surface area contributed by atoms with Crippen molar-refractivity contribution in [2.45, 2.75) is 45.3 Å². The molecular formula is C29H31ClN6O2. The fourth-order valence-electron chi connectivity index (χ4n) is 5.74. The van der Waals surface area contributed by atoms with Gasteiger partial charge >= 0.3 is 0 Å².